The van der Waals surface area contributed by atoms with Gasteiger partial charge >= 0.3 is 13.3 Å². The Bertz CT molecular complexity index is 760. The average molecular weight is 349 g/mol. The van der Waals surface area contributed by atoms with E-state index in [0.29, 0.717) is 16.7 Å². The third-order valence-electron chi connectivity index (χ3n) is 4.77. The molecule has 1 saturated heterocycles. The van der Waals surface area contributed by atoms with Crippen LogP contribution >= 0.6 is 0 Å². The Kier molecular flexibility index (Phi) is 4.20. The van der Waals surface area contributed by atoms with Crippen molar-refractivity contribution in [3.8, 4) is 11.3 Å². The molecule has 0 N–H and O–H groups in total. The van der Waals surface area contributed by atoms with Gasteiger partial charge in [0.1, 0.15) is 0 Å². The number of pyridine rings is 1. The first-order chi connectivity index (χ1) is 11.5. The van der Waals surface area contributed by atoms with Crippen molar-refractivity contribution in [2.24, 2.45) is 0 Å². The lowest BCUT2D eigenvalue weighted by Crippen LogP contribution is -2.41. The molecule has 1 aromatic carbocycles. The molecule has 7 heteroatoms. The first-order valence-electron chi connectivity index (χ1n) is 7.99. The number of halogens is 3. The summed E-state index contributed by atoms with van der Waals surface area (Å²) in [5.41, 5.74) is -0.838. The summed E-state index contributed by atoms with van der Waals surface area (Å²) in [5, 5.41) is 0. The summed E-state index contributed by atoms with van der Waals surface area (Å²) < 4.78 is 51.9. The quantitative estimate of drug-likeness (QED) is 0.766. The van der Waals surface area contributed by atoms with Gasteiger partial charge in [-0.05, 0) is 51.4 Å². The van der Waals surface area contributed by atoms with Gasteiger partial charge in [-0.1, -0.05) is 18.2 Å². The second kappa shape index (κ2) is 5.85. The van der Waals surface area contributed by atoms with Crippen molar-refractivity contribution < 1.29 is 22.5 Å². The molecule has 1 aliphatic rings. The molecule has 0 spiro atoms. The zero-order valence-corrected chi connectivity index (χ0v) is 14.5. The highest BCUT2D eigenvalue weighted by molar-refractivity contribution is 6.62. The Morgan fingerprint density at radius 3 is 2.12 bits per heavy atom. The Labute approximate surface area is 145 Å². The summed E-state index contributed by atoms with van der Waals surface area (Å²) in [7, 11) is -0.866. The highest BCUT2D eigenvalue weighted by atomic mass is 19.4. The van der Waals surface area contributed by atoms with Crippen LogP contribution in [0.15, 0.2) is 42.6 Å². The van der Waals surface area contributed by atoms with Gasteiger partial charge in [-0.3, -0.25) is 4.98 Å². The molecule has 0 atom stereocenters. The van der Waals surface area contributed by atoms with Crippen LogP contribution in [0, 0.1) is 0 Å². The lowest BCUT2D eigenvalue weighted by atomic mass is 9.77. The monoisotopic (exact) mass is 349 g/mol. The molecule has 2 aromatic rings. The van der Waals surface area contributed by atoms with E-state index >= 15 is 0 Å². The predicted molar refractivity (Wildman–Crippen MR) is 90.4 cm³/mol. The number of alkyl halides is 3. The number of hydrogen-bond donors (Lipinski definition) is 0. The summed E-state index contributed by atoms with van der Waals surface area (Å²) in [5.74, 6) is 0. The Morgan fingerprint density at radius 2 is 1.60 bits per heavy atom. The first-order valence-corrected chi connectivity index (χ1v) is 7.99. The van der Waals surface area contributed by atoms with E-state index in [2.05, 4.69) is 4.98 Å². The smallest absolute Gasteiger partial charge is 0.399 e. The molecule has 3 nitrogen and oxygen atoms in total. The van der Waals surface area contributed by atoms with E-state index < -0.39 is 30.1 Å². The maximum Gasteiger partial charge on any atom is 0.494 e. The number of nitrogens with zero attached hydrogens (tertiary/aromatic N) is 1. The van der Waals surface area contributed by atoms with Gasteiger partial charge in [0.25, 0.3) is 0 Å². The standard InChI is InChI=1S/C18H19BF3NO2/c1-16(2)17(3,4)25-19(24-16)14-10-12(15-7-5-6-8-23-15)9-13(11-14)18(20,21)22/h5-11H,1-4H3. The molecule has 0 saturated carbocycles. The fourth-order valence-electron chi connectivity index (χ4n) is 2.61. The molecule has 3 rings (SSSR count). The summed E-state index contributed by atoms with van der Waals surface area (Å²) in [4.78, 5) is 4.15. The highest BCUT2D eigenvalue weighted by Gasteiger charge is 2.52. The van der Waals surface area contributed by atoms with Crippen LogP contribution in [0.25, 0.3) is 11.3 Å². The third kappa shape index (κ3) is 3.44. The summed E-state index contributed by atoms with van der Waals surface area (Å²) in [6.45, 7) is 7.45. The molecule has 1 aromatic heterocycles. The van der Waals surface area contributed by atoms with Crippen molar-refractivity contribution in [2.45, 2.75) is 45.1 Å². The maximum absolute atomic E-state index is 13.4. The average Bonchev–Trinajstić information content (AvgIpc) is 2.75. The zero-order valence-electron chi connectivity index (χ0n) is 14.5. The topological polar surface area (TPSA) is 31.4 Å². The fourth-order valence-corrected chi connectivity index (χ4v) is 2.61. The number of rotatable bonds is 2. The molecule has 0 amide bonds. The lowest BCUT2D eigenvalue weighted by molar-refractivity contribution is -0.137. The fraction of sp³-hybridized carbons (Fsp3) is 0.389. The molecule has 0 radical (unpaired) electrons. The third-order valence-corrected chi connectivity index (χ3v) is 4.77. The largest absolute Gasteiger partial charge is 0.494 e. The second-order valence-electron chi connectivity index (χ2n) is 7.14. The van der Waals surface area contributed by atoms with E-state index in [0.717, 1.165) is 12.1 Å². The van der Waals surface area contributed by atoms with E-state index in [1.807, 2.05) is 27.7 Å². The minimum Gasteiger partial charge on any atom is -0.399 e. The molecule has 0 unspecified atom stereocenters. The number of aromatic nitrogens is 1. The zero-order chi connectivity index (χ0) is 18.5. The normalized spacial score (nSPS) is 19.2. The van der Waals surface area contributed by atoms with Crippen molar-refractivity contribution in [1.29, 1.82) is 0 Å². The van der Waals surface area contributed by atoms with Crippen LogP contribution in [0.1, 0.15) is 33.3 Å². The van der Waals surface area contributed by atoms with Gasteiger partial charge in [0.15, 0.2) is 0 Å². The van der Waals surface area contributed by atoms with Crippen LogP contribution in [-0.2, 0) is 15.5 Å². The second-order valence-corrected chi connectivity index (χ2v) is 7.14. The molecule has 1 aliphatic heterocycles. The minimum absolute atomic E-state index is 0.328. The van der Waals surface area contributed by atoms with E-state index in [1.54, 1.807) is 30.5 Å². The van der Waals surface area contributed by atoms with Gasteiger partial charge in [0.2, 0.25) is 0 Å². The van der Waals surface area contributed by atoms with Crippen molar-refractivity contribution in [2.75, 3.05) is 0 Å². The van der Waals surface area contributed by atoms with Gasteiger partial charge in [-0.2, -0.15) is 13.2 Å². The van der Waals surface area contributed by atoms with E-state index in [-0.39, 0.29) is 0 Å². The van der Waals surface area contributed by atoms with Crippen LogP contribution in [0.4, 0.5) is 13.2 Å². The van der Waals surface area contributed by atoms with E-state index in [4.69, 9.17) is 9.31 Å². The Hall–Kier alpha value is -1.86. The van der Waals surface area contributed by atoms with Gasteiger partial charge in [-0.25, -0.2) is 0 Å². The van der Waals surface area contributed by atoms with Crippen molar-refractivity contribution in [3.63, 3.8) is 0 Å². The Morgan fingerprint density at radius 1 is 0.960 bits per heavy atom. The van der Waals surface area contributed by atoms with Crippen molar-refractivity contribution >= 4 is 12.6 Å². The SMILES string of the molecule is CC1(C)OB(c2cc(-c3ccccn3)cc(C(F)(F)F)c2)OC1(C)C. The molecule has 1 fully saturated rings. The molecule has 25 heavy (non-hydrogen) atoms. The van der Waals surface area contributed by atoms with Crippen LogP contribution in [-0.4, -0.2) is 23.3 Å². The van der Waals surface area contributed by atoms with E-state index in [1.165, 1.54) is 0 Å². The highest BCUT2D eigenvalue weighted by Crippen LogP contribution is 2.37. The van der Waals surface area contributed by atoms with Gasteiger partial charge in [-0.15, -0.1) is 0 Å². The van der Waals surface area contributed by atoms with E-state index in [9.17, 15) is 13.2 Å². The van der Waals surface area contributed by atoms with Gasteiger partial charge in [0, 0.05) is 11.8 Å². The summed E-state index contributed by atoms with van der Waals surface area (Å²) in [6, 6.07) is 8.93. The molecular formula is C18H19BF3NO2. The number of benzene rings is 1. The minimum atomic E-state index is -4.47. The van der Waals surface area contributed by atoms with Crippen LogP contribution < -0.4 is 5.46 Å². The molecule has 0 aliphatic carbocycles. The summed E-state index contributed by atoms with van der Waals surface area (Å²) >= 11 is 0. The van der Waals surface area contributed by atoms with Crippen molar-refractivity contribution in [3.05, 3.63) is 48.2 Å². The van der Waals surface area contributed by atoms with Crippen LogP contribution in [0.5, 0.6) is 0 Å². The van der Waals surface area contributed by atoms with Crippen LogP contribution in [0.2, 0.25) is 0 Å². The first kappa shape index (κ1) is 18.0. The maximum atomic E-state index is 13.4. The van der Waals surface area contributed by atoms with Gasteiger partial charge in [0.05, 0.1) is 22.5 Å². The molecule has 0 bridgehead atoms. The van der Waals surface area contributed by atoms with Crippen molar-refractivity contribution in [1.82, 2.24) is 4.98 Å². The van der Waals surface area contributed by atoms with Gasteiger partial charge < -0.3 is 9.31 Å². The Balaban J connectivity index is 2.08. The van der Waals surface area contributed by atoms with Crippen LogP contribution in [0.3, 0.4) is 0 Å². The molecule has 132 valence electrons. The number of hydrogen-bond acceptors (Lipinski definition) is 3. The predicted octanol–water partition coefficient (Wildman–Crippen LogP) is 4.07. The molecule has 2 heterocycles. The molecular weight excluding hydrogens is 330 g/mol. The lowest BCUT2D eigenvalue weighted by Gasteiger charge is -2.32. The summed E-state index contributed by atoms with van der Waals surface area (Å²) in [6.07, 6.45) is -2.92.